The van der Waals surface area contributed by atoms with Crippen LogP contribution in [0.3, 0.4) is 0 Å². The molecule has 3 rings (SSSR count). The fourth-order valence-corrected chi connectivity index (χ4v) is 3.05. The number of likely N-dealkylation sites (tertiary alicyclic amines) is 1. The number of aryl methyl sites for hydroxylation is 2. The van der Waals surface area contributed by atoms with Crippen LogP contribution < -0.4 is 9.64 Å². The van der Waals surface area contributed by atoms with Gasteiger partial charge in [0.25, 0.3) is 0 Å². The van der Waals surface area contributed by atoms with E-state index in [1.54, 1.807) is 6.20 Å². The lowest BCUT2D eigenvalue weighted by Gasteiger charge is -2.20. The van der Waals surface area contributed by atoms with Crippen molar-refractivity contribution in [2.24, 2.45) is 0 Å². The maximum Gasteiger partial charge on any atom is 0.223 e. The highest BCUT2D eigenvalue weighted by molar-refractivity contribution is 5.76. The van der Waals surface area contributed by atoms with Crippen LogP contribution in [0.2, 0.25) is 0 Å². The number of hydrogen-bond donors (Lipinski definition) is 0. The average Bonchev–Trinajstić information content (AvgIpc) is 3.22. The molecule has 0 N–H and O–H groups in total. The number of amides is 1. The van der Waals surface area contributed by atoms with Gasteiger partial charge >= 0.3 is 0 Å². The number of ether oxygens (including phenoxy) is 1. The van der Waals surface area contributed by atoms with E-state index in [-0.39, 0.29) is 12.0 Å². The first kappa shape index (κ1) is 17.3. The number of anilines is 1. The second-order valence-electron chi connectivity index (χ2n) is 6.60. The first-order valence-electron chi connectivity index (χ1n) is 8.65. The second kappa shape index (κ2) is 7.59. The van der Waals surface area contributed by atoms with Crippen LogP contribution >= 0.6 is 0 Å². The number of carbonyl (C=O) groups is 1. The molecular weight excluding hydrogens is 318 g/mol. The molecule has 2 aromatic rings. The Morgan fingerprint density at radius 2 is 2.24 bits per heavy atom. The fraction of sp³-hybridized carbons (Fsp3) is 0.474. The number of nitrogens with zero attached hydrogens (tertiary/aromatic N) is 3. The molecule has 134 valence electrons. The monoisotopic (exact) mass is 343 g/mol. The van der Waals surface area contributed by atoms with Crippen molar-refractivity contribution in [3.8, 4) is 5.75 Å². The summed E-state index contributed by atoms with van der Waals surface area (Å²) in [5, 5.41) is 0. The third-order valence-corrected chi connectivity index (χ3v) is 4.35. The second-order valence-corrected chi connectivity index (χ2v) is 6.60. The average molecular weight is 343 g/mol. The van der Waals surface area contributed by atoms with Crippen LogP contribution in [-0.4, -0.2) is 49.1 Å². The van der Waals surface area contributed by atoms with Gasteiger partial charge in [-0.05, 0) is 31.2 Å². The standard InChI is InChI=1S/C19H25N3O3/c1-14-6-7-15(24-14)8-9-18(23)22-12-10-16(13-22)25-17-5-4-11-20-19(17)21(2)3/h4-7,11,16H,8-10,12-13H2,1-3H3. The van der Waals surface area contributed by atoms with E-state index in [1.807, 2.05) is 55.1 Å². The van der Waals surface area contributed by atoms with Gasteiger partial charge in [0.05, 0.1) is 6.54 Å². The highest BCUT2D eigenvalue weighted by Gasteiger charge is 2.28. The molecule has 1 fully saturated rings. The molecule has 0 bridgehead atoms. The van der Waals surface area contributed by atoms with Crippen molar-refractivity contribution in [2.45, 2.75) is 32.3 Å². The third-order valence-electron chi connectivity index (χ3n) is 4.35. The van der Waals surface area contributed by atoms with Crippen LogP contribution in [0.25, 0.3) is 0 Å². The minimum atomic E-state index is 0.0118. The van der Waals surface area contributed by atoms with Crippen molar-refractivity contribution in [3.05, 3.63) is 42.0 Å². The molecular formula is C19H25N3O3. The Morgan fingerprint density at radius 3 is 2.96 bits per heavy atom. The Bertz CT molecular complexity index is 726. The van der Waals surface area contributed by atoms with Gasteiger partial charge in [0.2, 0.25) is 5.91 Å². The first-order chi connectivity index (χ1) is 12.0. The zero-order valence-corrected chi connectivity index (χ0v) is 15.1. The molecule has 0 aromatic carbocycles. The van der Waals surface area contributed by atoms with E-state index in [1.165, 1.54) is 0 Å². The highest BCUT2D eigenvalue weighted by atomic mass is 16.5. The molecule has 1 aliphatic heterocycles. The van der Waals surface area contributed by atoms with E-state index < -0.39 is 0 Å². The number of hydrogen-bond acceptors (Lipinski definition) is 5. The lowest BCUT2D eigenvalue weighted by atomic mass is 10.2. The predicted octanol–water partition coefficient (Wildman–Crippen LogP) is 2.66. The lowest BCUT2D eigenvalue weighted by molar-refractivity contribution is -0.130. The van der Waals surface area contributed by atoms with Crippen molar-refractivity contribution in [2.75, 3.05) is 32.1 Å². The number of carbonyl (C=O) groups excluding carboxylic acids is 1. The molecule has 0 saturated carbocycles. The van der Waals surface area contributed by atoms with Gasteiger partial charge in [-0.2, -0.15) is 0 Å². The lowest BCUT2D eigenvalue weighted by Crippen LogP contribution is -2.31. The Kier molecular flexibility index (Phi) is 5.26. The molecule has 1 atom stereocenters. The van der Waals surface area contributed by atoms with Gasteiger partial charge in [-0.1, -0.05) is 0 Å². The Balaban J connectivity index is 1.52. The third kappa shape index (κ3) is 4.32. The molecule has 1 saturated heterocycles. The summed E-state index contributed by atoms with van der Waals surface area (Å²) in [6, 6.07) is 7.65. The fourth-order valence-electron chi connectivity index (χ4n) is 3.05. The zero-order valence-electron chi connectivity index (χ0n) is 15.1. The van der Waals surface area contributed by atoms with Crippen molar-refractivity contribution in [1.29, 1.82) is 0 Å². The summed E-state index contributed by atoms with van der Waals surface area (Å²) < 4.78 is 11.6. The van der Waals surface area contributed by atoms with Crippen molar-refractivity contribution < 1.29 is 13.9 Å². The quantitative estimate of drug-likeness (QED) is 0.807. The molecule has 3 heterocycles. The van der Waals surface area contributed by atoms with Crippen molar-refractivity contribution in [1.82, 2.24) is 9.88 Å². The van der Waals surface area contributed by atoms with Gasteiger partial charge in [0.15, 0.2) is 11.6 Å². The first-order valence-corrected chi connectivity index (χ1v) is 8.65. The summed E-state index contributed by atoms with van der Waals surface area (Å²) >= 11 is 0. The number of pyridine rings is 1. The molecule has 6 nitrogen and oxygen atoms in total. The summed E-state index contributed by atoms with van der Waals surface area (Å²) in [5.74, 6) is 3.46. The van der Waals surface area contributed by atoms with Crippen LogP contribution in [0.1, 0.15) is 24.4 Å². The van der Waals surface area contributed by atoms with Crippen molar-refractivity contribution >= 4 is 11.7 Å². The Morgan fingerprint density at radius 1 is 1.40 bits per heavy atom. The summed E-state index contributed by atoms with van der Waals surface area (Å²) in [4.78, 5) is 20.6. The van der Waals surface area contributed by atoms with E-state index >= 15 is 0 Å². The number of furan rings is 1. The number of aromatic nitrogens is 1. The van der Waals surface area contributed by atoms with E-state index in [0.717, 1.165) is 36.1 Å². The van der Waals surface area contributed by atoms with E-state index in [9.17, 15) is 4.79 Å². The smallest absolute Gasteiger partial charge is 0.223 e. The van der Waals surface area contributed by atoms with Gasteiger partial charge in [-0.15, -0.1) is 0 Å². The molecule has 1 aliphatic rings. The van der Waals surface area contributed by atoms with Gasteiger partial charge in [-0.25, -0.2) is 4.98 Å². The van der Waals surface area contributed by atoms with Crippen LogP contribution in [0.15, 0.2) is 34.9 Å². The Hall–Kier alpha value is -2.50. The highest BCUT2D eigenvalue weighted by Crippen LogP contribution is 2.26. The molecule has 6 heteroatoms. The SMILES string of the molecule is Cc1ccc(CCC(=O)N2CCC(Oc3cccnc3N(C)C)C2)o1. The summed E-state index contributed by atoms with van der Waals surface area (Å²) in [6.45, 7) is 3.27. The van der Waals surface area contributed by atoms with Crippen LogP contribution in [-0.2, 0) is 11.2 Å². The molecule has 0 radical (unpaired) electrons. The zero-order chi connectivity index (χ0) is 17.8. The van der Waals surface area contributed by atoms with Gasteiger partial charge in [-0.3, -0.25) is 4.79 Å². The van der Waals surface area contributed by atoms with Crippen LogP contribution in [0.5, 0.6) is 5.75 Å². The summed E-state index contributed by atoms with van der Waals surface area (Å²) in [5.41, 5.74) is 0. The van der Waals surface area contributed by atoms with Gasteiger partial charge in [0.1, 0.15) is 17.6 Å². The molecule has 25 heavy (non-hydrogen) atoms. The molecule has 1 unspecified atom stereocenters. The summed E-state index contributed by atoms with van der Waals surface area (Å²) in [6.07, 6.45) is 3.71. The van der Waals surface area contributed by atoms with E-state index in [0.29, 0.717) is 19.4 Å². The largest absolute Gasteiger partial charge is 0.485 e. The predicted molar refractivity (Wildman–Crippen MR) is 95.9 cm³/mol. The summed E-state index contributed by atoms with van der Waals surface area (Å²) in [7, 11) is 3.88. The minimum Gasteiger partial charge on any atom is -0.485 e. The normalized spacial score (nSPS) is 16.9. The van der Waals surface area contributed by atoms with E-state index in [4.69, 9.17) is 9.15 Å². The molecule has 0 spiro atoms. The number of rotatable bonds is 6. The minimum absolute atomic E-state index is 0.0118. The van der Waals surface area contributed by atoms with Gasteiger partial charge in [0, 0.05) is 46.1 Å². The topological polar surface area (TPSA) is 58.8 Å². The Labute approximate surface area is 148 Å². The molecule has 0 aliphatic carbocycles. The van der Waals surface area contributed by atoms with Crippen LogP contribution in [0, 0.1) is 6.92 Å². The van der Waals surface area contributed by atoms with Crippen LogP contribution in [0.4, 0.5) is 5.82 Å². The van der Waals surface area contributed by atoms with E-state index in [2.05, 4.69) is 4.98 Å². The van der Waals surface area contributed by atoms with Crippen molar-refractivity contribution in [3.63, 3.8) is 0 Å². The molecule has 2 aromatic heterocycles. The maximum atomic E-state index is 12.4. The molecule has 1 amide bonds. The maximum absolute atomic E-state index is 12.4. The van der Waals surface area contributed by atoms with Gasteiger partial charge < -0.3 is 19.0 Å².